The number of nitrogens with zero attached hydrogens (tertiary/aromatic N) is 2. The van der Waals surface area contributed by atoms with E-state index in [0.717, 1.165) is 54.5 Å². The average Bonchev–Trinajstić information content (AvgIpc) is 2.79. The van der Waals surface area contributed by atoms with E-state index in [9.17, 15) is 18.0 Å². The second-order valence-corrected chi connectivity index (χ2v) is 8.45. The van der Waals surface area contributed by atoms with E-state index in [1.54, 1.807) is 30.3 Å². The van der Waals surface area contributed by atoms with Gasteiger partial charge in [-0.3, -0.25) is 4.79 Å². The molecular weight excluding hydrogens is 429 g/mol. The summed E-state index contributed by atoms with van der Waals surface area (Å²) >= 11 is 0. The number of fused-ring (bicyclic) bond motifs is 1. The molecule has 3 aromatic carbocycles. The highest BCUT2D eigenvalue weighted by molar-refractivity contribution is 6.06. The molecule has 0 unspecified atom stereocenters. The molecule has 0 radical (unpaired) electrons. The van der Waals surface area contributed by atoms with Crippen LogP contribution in [-0.2, 0) is 6.18 Å². The van der Waals surface area contributed by atoms with E-state index in [0.29, 0.717) is 23.0 Å². The van der Waals surface area contributed by atoms with Crippen LogP contribution in [0.15, 0.2) is 65.7 Å². The van der Waals surface area contributed by atoms with Crippen LogP contribution in [0.4, 0.5) is 13.2 Å². The molecule has 0 N–H and O–H groups in total. The van der Waals surface area contributed by atoms with Gasteiger partial charge in [0.05, 0.1) is 5.56 Å². The molecule has 4 nitrogen and oxygen atoms in total. The molecule has 1 fully saturated rings. The summed E-state index contributed by atoms with van der Waals surface area (Å²) in [6.07, 6.45) is -2.39. The van der Waals surface area contributed by atoms with Gasteiger partial charge in [-0.05, 0) is 99.7 Å². The van der Waals surface area contributed by atoms with Gasteiger partial charge >= 0.3 is 6.18 Å². The highest BCUT2D eigenvalue weighted by atomic mass is 19.4. The van der Waals surface area contributed by atoms with Gasteiger partial charge in [-0.25, -0.2) is 4.99 Å². The quantitative estimate of drug-likeness (QED) is 0.418. The molecule has 0 atom stereocenters. The van der Waals surface area contributed by atoms with Gasteiger partial charge in [-0.2, -0.15) is 13.2 Å². The van der Waals surface area contributed by atoms with Crippen LogP contribution in [0.1, 0.15) is 35.7 Å². The maximum Gasteiger partial charge on any atom is 0.416 e. The number of carbonyl (C=O) groups is 1. The molecule has 1 heterocycles. The number of hydrogen-bond donors (Lipinski definition) is 0. The van der Waals surface area contributed by atoms with Gasteiger partial charge in [0.1, 0.15) is 11.5 Å². The van der Waals surface area contributed by atoms with Crippen LogP contribution in [0.5, 0.6) is 11.5 Å². The van der Waals surface area contributed by atoms with Gasteiger partial charge in [-0.15, -0.1) is 0 Å². The van der Waals surface area contributed by atoms with Gasteiger partial charge in [0.2, 0.25) is 0 Å². The van der Waals surface area contributed by atoms with E-state index in [-0.39, 0.29) is 5.91 Å². The molecule has 0 spiro atoms. The molecule has 172 valence electrons. The smallest absolute Gasteiger partial charge is 0.416 e. The van der Waals surface area contributed by atoms with Crippen LogP contribution in [0, 0.1) is 5.92 Å². The summed E-state index contributed by atoms with van der Waals surface area (Å²) in [4.78, 5) is 19.4. The molecule has 33 heavy (non-hydrogen) atoms. The number of ether oxygens (including phenoxy) is 1. The molecule has 1 aliphatic rings. The molecular formula is C26H25F3N2O2. The van der Waals surface area contributed by atoms with Crippen LogP contribution < -0.4 is 4.74 Å². The van der Waals surface area contributed by atoms with Crippen LogP contribution >= 0.6 is 0 Å². The summed E-state index contributed by atoms with van der Waals surface area (Å²) in [5.41, 5.74) is 0.626. The van der Waals surface area contributed by atoms with Gasteiger partial charge < -0.3 is 9.64 Å². The Morgan fingerprint density at radius 1 is 1.03 bits per heavy atom. The lowest BCUT2D eigenvalue weighted by atomic mass is 9.93. The van der Waals surface area contributed by atoms with Crippen LogP contribution in [0.2, 0.25) is 0 Å². The fraction of sp³-hybridized carbons (Fsp3) is 0.308. The predicted octanol–water partition coefficient (Wildman–Crippen LogP) is 6.59. The monoisotopic (exact) mass is 454 g/mol. The first-order chi connectivity index (χ1) is 15.7. The van der Waals surface area contributed by atoms with Crippen molar-refractivity contribution in [2.75, 3.05) is 20.1 Å². The number of rotatable bonds is 4. The molecule has 1 saturated heterocycles. The minimum Gasteiger partial charge on any atom is -0.457 e. The number of likely N-dealkylation sites (tertiary alicyclic amines) is 1. The van der Waals surface area contributed by atoms with Crippen molar-refractivity contribution in [3.8, 4) is 11.5 Å². The largest absolute Gasteiger partial charge is 0.457 e. The number of benzene rings is 3. The van der Waals surface area contributed by atoms with Gasteiger partial charge in [0.25, 0.3) is 5.91 Å². The van der Waals surface area contributed by atoms with Crippen molar-refractivity contribution in [2.24, 2.45) is 10.9 Å². The van der Waals surface area contributed by atoms with Crippen molar-refractivity contribution in [2.45, 2.75) is 25.9 Å². The summed E-state index contributed by atoms with van der Waals surface area (Å²) in [6, 6.07) is 15.2. The van der Waals surface area contributed by atoms with Crippen molar-refractivity contribution < 1.29 is 22.7 Å². The number of hydrogen-bond acceptors (Lipinski definition) is 3. The van der Waals surface area contributed by atoms with Crippen molar-refractivity contribution in [3.05, 3.63) is 71.8 Å². The summed E-state index contributed by atoms with van der Waals surface area (Å²) in [6.45, 7) is 3.93. The molecule has 3 aromatic rings. The molecule has 0 aromatic heterocycles. The minimum absolute atomic E-state index is 0.276. The fourth-order valence-corrected chi connectivity index (χ4v) is 4.06. The lowest BCUT2D eigenvalue weighted by Crippen LogP contribution is -2.33. The topological polar surface area (TPSA) is 41.9 Å². The molecule has 0 bridgehead atoms. The standard InChI is InChI=1S/C26H25F3N2O2/c1-17(18-12-14-31(2)15-13-18)30-25(32)20-6-11-23-19(16-20)4-3-5-24(23)33-22-9-7-21(8-10-22)26(27,28)29/h3-11,16,18H,12-15H2,1-2H3/b30-17+. The second kappa shape index (κ2) is 9.35. The fourth-order valence-electron chi connectivity index (χ4n) is 4.06. The predicted molar refractivity (Wildman–Crippen MR) is 123 cm³/mol. The minimum atomic E-state index is -4.39. The van der Waals surface area contributed by atoms with E-state index >= 15 is 0 Å². The Hall–Kier alpha value is -3.19. The normalized spacial score (nSPS) is 16.2. The number of alkyl halides is 3. The first-order valence-corrected chi connectivity index (χ1v) is 10.9. The summed E-state index contributed by atoms with van der Waals surface area (Å²) < 4.78 is 44.2. The van der Waals surface area contributed by atoms with Gasteiger partial charge in [0.15, 0.2) is 0 Å². The maximum absolute atomic E-state index is 12.8. The van der Waals surface area contributed by atoms with Crippen LogP contribution in [0.25, 0.3) is 10.8 Å². The highest BCUT2D eigenvalue weighted by Gasteiger charge is 2.30. The number of piperidine rings is 1. The molecule has 7 heteroatoms. The Bertz CT molecular complexity index is 1180. The zero-order chi connectivity index (χ0) is 23.6. The van der Waals surface area contributed by atoms with Crippen molar-refractivity contribution in [3.63, 3.8) is 0 Å². The zero-order valence-electron chi connectivity index (χ0n) is 18.5. The Labute approximate surface area is 190 Å². The summed E-state index contributed by atoms with van der Waals surface area (Å²) in [5.74, 6) is 0.850. The third kappa shape index (κ3) is 5.42. The molecule has 0 saturated carbocycles. The molecule has 1 amide bonds. The summed E-state index contributed by atoms with van der Waals surface area (Å²) in [7, 11) is 2.10. The van der Waals surface area contributed by atoms with E-state index in [1.165, 1.54) is 12.1 Å². The number of aliphatic imine (C=N–C) groups is 1. The van der Waals surface area contributed by atoms with E-state index in [4.69, 9.17) is 4.74 Å². The Morgan fingerprint density at radius 2 is 1.73 bits per heavy atom. The molecule has 0 aliphatic carbocycles. The first kappa shape index (κ1) is 23.0. The summed E-state index contributed by atoms with van der Waals surface area (Å²) in [5, 5.41) is 1.54. The number of carbonyl (C=O) groups excluding carboxylic acids is 1. The van der Waals surface area contributed by atoms with E-state index in [2.05, 4.69) is 16.9 Å². The Kier molecular flexibility index (Phi) is 6.51. The third-order valence-corrected chi connectivity index (χ3v) is 6.08. The SMILES string of the molecule is C/C(=N\C(=O)c1ccc2c(Oc3ccc(C(F)(F)F)cc3)cccc2c1)C1CCN(C)CC1. The van der Waals surface area contributed by atoms with E-state index < -0.39 is 11.7 Å². The zero-order valence-corrected chi connectivity index (χ0v) is 18.5. The lowest BCUT2D eigenvalue weighted by Gasteiger charge is -2.28. The van der Waals surface area contributed by atoms with Crippen molar-refractivity contribution in [1.82, 2.24) is 4.90 Å². The van der Waals surface area contributed by atoms with Crippen molar-refractivity contribution in [1.29, 1.82) is 0 Å². The Morgan fingerprint density at radius 3 is 2.39 bits per heavy atom. The Balaban J connectivity index is 1.53. The highest BCUT2D eigenvalue weighted by Crippen LogP contribution is 2.34. The van der Waals surface area contributed by atoms with Crippen LogP contribution in [0.3, 0.4) is 0 Å². The average molecular weight is 454 g/mol. The third-order valence-electron chi connectivity index (χ3n) is 6.08. The maximum atomic E-state index is 12.8. The lowest BCUT2D eigenvalue weighted by molar-refractivity contribution is -0.137. The number of amides is 1. The van der Waals surface area contributed by atoms with Crippen molar-refractivity contribution >= 4 is 22.4 Å². The van der Waals surface area contributed by atoms with Gasteiger partial charge in [0, 0.05) is 16.7 Å². The molecule has 4 rings (SSSR count). The first-order valence-electron chi connectivity index (χ1n) is 10.9. The van der Waals surface area contributed by atoms with Crippen LogP contribution in [-0.4, -0.2) is 36.7 Å². The number of halogens is 3. The van der Waals surface area contributed by atoms with Gasteiger partial charge in [-0.1, -0.05) is 12.1 Å². The van der Waals surface area contributed by atoms with E-state index in [1.807, 2.05) is 13.0 Å². The molecule has 1 aliphatic heterocycles. The second-order valence-electron chi connectivity index (χ2n) is 8.45.